The minimum atomic E-state index is -0.757. The molecule has 0 heterocycles. The Balaban J connectivity index is 1.51. The highest BCUT2D eigenvalue weighted by molar-refractivity contribution is 5.92. The number of amides is 4. The normalized spacial score (nSPS) is 10.1. The molecule has 2 rings (SSSR count). The molecule has 2 aromatic rings. The lowest BCUT2D eigenvalue weighted by atomic mass is 10.3. The van der Waals surface area contributed by atoms with E-state index >= 15 is 0 Å². The summed E-state index contributed by atoms with van der Waals surface area (Å²) in [6, 6.07) is 16.9. The molecule has 0 atom stereocenters. The van der Waals surface area contributed by atoms with E-state index in [0.717, 1.165) is 12.2 Å². The van der Waals surface area contributed by atoms with Gasteiger partial charge in [-0.1, -0.05) is 36.4 Å². The monoisotopic (exact) mass is 440 g/mol. The third-order valence-corrected chi connectivity index (χ3v) is 3.68. The Bertz CT molecular complexity index is 843. The Morgan fingerprint density at radius 1 is 0.625 bits per heavy atom. The maximum absolute atomic E-state index is 11.7. The topological polar surface area (TPSA) is 135 Å². The first-order valence-corrected chi connectivity index (χ1v) is 9.74. The van der Waals surface area contributed by atoms with Gasteiger partial charge in [-0.3, -0.25) is 0 Å². The van der Waals surface area contributed by atoms with Crippen LogP contribution in [-0.2, 0) is 19.1 Å². The first kappa shape index (κ1) is 23.9. The molecule has 0 aliphatic heterocycles. The number of esters is 2. The summed E-state index contributed by atoms with van der Waals surface area (Å²) in [7, 11) is 0. The maximum Gasteiger partial charge on any atom is 0.331 e. The molecule has 10 nitrogen and oxygen atoms in total. The van der Waals surface area contributed by atoms with Gasteiger partial charge in [-0.25, -0.2) is 19.2 Å². The number of benzene rings is 2. The van der Waals surface area contributed by atoms with Crippen molar-refractivity contribution in [3.63, 3.8) is 0 Å². The fraction of sp³-hybridized carbons (Fsp3) is 0.182. The Labute approximate surface area is 185 Å². The molecule has 0 aliphatic carbocycles. The number of ether oxygens (including phenoxy) is 2. The smallest absolute Gasteiger partial charge is 0.331 e. The van der Waals surface area contributed by atoms with Crippen molar-refractivity contribution in [2.24, 2.45) is 0 Å². The van der Waals surface area contributed by atoms with E-state index in [2.05, 4.69) is 21.3 Å². The maximum atomic E-state index is 11.7. The average molecular weight is 440 g/mol. The van der Waals surface area contributed by atoms with E-state index < -0.39 is 24.0 Å². The van der Waals surface area contributed by atoms with Gasteiger partial charge < -0.3 is 30.7 Å². The molecule has 0 saturated carbocycles. The second-order valence-electron chi connectivity index (χ2n) is 6.16. The lowest BCUT2D eigenvalue weighted by Crippen LogP contribution is -2.32. The number of anilines is 2. The highest BCUT2D eigenvalue weighted by Crippen LogP contribution is 2.04. The van der Waals surface area contributed by atoms with Gasteiger partial charge in [-0.2, -0.15) is 0 Å². The molecule has 0 fully saturated rings. The molecule has 2 aromatic carbocycles. The van der Waals surface area contributed by atoms with Gasteiger partial charge in [-0.15, -0.1) is 0 Å². The second-order valence-corrected chi connectivity index (χ2v) is 6.16. The first-order chi connectivity index (χ1) is 15.5. The van der Waals surface area contributed by atoms with Crippen LogP contribution in [0, 0.1) is 0 Å². The van der Waals surface area contributed by atoms with E-state index in [1.165, 1.54) is 0 Å². The summed E-state index contributed by atoms with van der Waals surface area (Å²) in [5, 5.41) is 10.3. The fourth-order valence-corrected chi connectivity index (χ4v) is 2.26. The van der Waals surface area contributed by atoms with Crippen LogP contribution < -0.4 is 21.3 Å². The Hall–Kier alpha value is -4.34. The molecule has 0 radical (unpaired) electrons. The molecule has 0 aliphatic rings. The summed E-state index contributed by atoms with van der Waals surface area (Å²) in [6.07, 6.45) is 1.84. The number of hydrogen-bond acceptors (Lipinski definition) is 6. The minimum absolute atomic E-state index is 0.0686. The molecular weight excluding hydrogens is 416 g/mol. The van der Waals surface area contributed by atoms with Crippen molar-refractivity contribution in [3.05, 3.63) is 72.8 Å². The first-order valence-electron chi connectivity index (χ1n) is 9.74. The largest absolute Gasteiger partial charge is 0.461 e. The van der Waals surface area contributed by atoms with Crippen LogP contribution in [0.5, 0.6) is 0 Å². The van der Waals surface area contributed by atoms with Gasteiger partial charge >= 0.3 is 24.0 Å². The molecule has 4 amide bonds. The molecule has 0 spiro atoms. The van der Waals surface area contributed by atoms with Crippen molar-refractivity contribution < 1.29 is 28.7 Å². The van der Waals surface area contributed by atoms with Crippen LogP contribution in [0.15, 0.2) is 72.8 Å². The third kappa shape index (κ3) is 10.4. The van der Waals surface area contributed by atoms with Crippen molar-refractivity contribution in [3.8, 4) is 0 Å². The van der Waals surface area contributed by atoms with Crippen molar-refractivity contribution in [1.29, 1.82) is 0 Å². The van der Waals surface area contributed by atoms with Gasteiger partial charge in [0.1, 0.15) is 13.2 Å². The van der Waals surface area contributed by atoms with Gasteiger partial charge in [-0.05, 0) is 24.3 Å². The standard InChI is InChI=1S/C22H24N4O6/c27-19(31-15-13-23-21(29)25-17-7-3-1-4-8-17)11-12-20(28)32-16-14-24-22(30)26-18-9-5-2-6-10-18/h1-12H,13-16H2,(H2,23,25,29)(H2,24,26,30)/b12-11+. The van der Waals surface area contributed by atoms with Crippen LogP contribution in [0.2, 0.25) is 0 Å². The highest BCUT2D eigenvalue weighted by Gasteiger charge is 2.04. The van der Waals surface area contributed by atoms with Crippen molar-refractivity contribution in [2.75, 3.05) is 36.9 Å². The van der Waals surface area contributed by atoms with E-state index in [9.17, 15) is 19.2 Å². The quantitative estimate of drug-likeness (QED) is 0.254. The van der Waals surface area contributed by atoms with Crippen LogP contribution in [0.3, 0.4) is 0 Å². The SMILES string of the molecule is O=C(NCCOC(=O)/C=C/C(=O)OCCNC(=O)Nc1ccccc1)Nc1ccccc1. The van der Waals surface area contributed by atoms with Crippen molar-refractivity contribution >= 4 is 35.4 Å². The summed E-state index contributed by atoms with van der Waals surface area (Å²) >= 11 is 0. The van der Waals surface area contributed by atoms with Gasteiger partial charge in [0, 0.05) is 23.5 Å². The third-order valence-electron chi connectivity index (χ3n) is 3.68. The molecule has 0 unspecified atom stereocenters. The zero-order valence-corrected chi connectivity index (χ0v) is 17.2. The van der Waals surface area contributed by atoms with E-state index in [1.54, 1.807) is 48.5 Å². The minimum Gasteiger partial charge on any atom is -0.461 e. The molecule has 0 aromatic heterocycles. The number of para-hydroxylation sites is 2. The molecular formula is C22H24N4O6. The van der Waals surface area contributed by atoms with E-state index in [1.807, 2.05) is 12.1 Å². The van der Waals surface area contributed by atoms with Gasteiger partial charge in [0.25, 0.3) is 0 Å². The predicted octanol–water partition coefficient (Wildman–Crippen LogP) is 2.27. The molecule has 4 N–H and O–H groups in total. The van der Waals surface area contributed by atoms with Crippen LogP contribution in [0.4, 0.5) is 21.0 Å². The van der Waals surface area contributed by atoms with E-state index in [-0.39, 0.29) is 26.3 Å². The summed E-state index contributed by atoms with van der Waals surface area (Å²) in [6.45, 7) is 0.0561. The number of urea groups is 2. The zero-order valence-electron chi connectivity index (χ0n) is 17.2. The van der Waals surface area contributed by atoms with Crippen molar-refractivity contribution in [2.45, 2.75) is 0 Å². The Morgan fingerprint density at radius 2 is 1.00 bits per heavy atom. The summed E-state index contributed by atoms with van der Waals surface area (Å²) < 4.78 is 9.73. The highest BCUT2D eigenvalue weighted by atomic mass is 16.5. The summed E-state index contributed by atoms with van der Waals surface area (Å²) in [4.78, 5) is 46.5. The zero-order chi connectivity index (χ0) is 23.0. The van der Waals surface area contributed by atoms with Crippen LogP contribution >= 0.6 is 0 Å². The number of nitrogens with one attached hydrogen (secondary N) is 4. The van der Waals surface area contributed by atoms with Gasteiger partial charge in [0.05, 0.1) is 13.1 Å². The number of carbonyl (C=O) groups is 4. The van der Waals surface area contributed by atoms with Crippen LogP contribution in [0.1, 0.15) is 0 Å². The van der Waals surface area contributed by atoms with Crippen molar-refractivity contribution in [1.82, 2.24) is 10.6 Å². The summed E-state index contributed by atoms with van der Waals surface area (Å²) in [5.74, 6) is -1.51. The molecule has 0 bridgehead atoms. The molecule has 32 heavy (non-hydrogen) atoms. The average Bonchev–Trinajstić information content (AvgIpc) is 2.79. The number of hydrogen-bond donors (Lipinski definition) is 4. The number of carbonyl (C=O) groups excluding carboxylic acids is 4. The molecule has 168 valence electrons. The van der Waals surface area contributed by atoms with Gasteiger partial charge in [0.2, 0.25) is 0 Å². The van der Waals surface area contributed by atoms with Crippen LogP contribution in [0.25, 0.3) is 0 Å². The van der Waals surface area contributed by atoms with E-state index in [0.29, 0.717) is 11.4 Å². The lowest BCUT2D eigenvalue weighted by Gasteiger charge is -2.08. The second kappa shape index (κ2) is 13.8. The Kier molecular flexibility index (Phi) is 10.3. The number of rotatable bonds is 10. The fourth-order valence-electron chi connectivity index (χ4n) is 2.26. The van der Waals surface area contributed by atoms with Crippen LogP contribution in [-0.4, -0.2) is 50.3 Å². The Morgan fingerprint density at radius 3 is 1.38 bits per heavy atom. The molecule has 0 saturated heterocycles. The summed E-state index contributed by atoms with van der Waals surface area (Å²) in [5.41, 5.74) is 1.27. The van der Waals surface area contributed by atoms with E-state index in [4.69, 9.17) is 9.47 Å². The lowest BCUT2D eigenvalue weighted by molar-refractivity contribution is -0.140. The molecule has 10 heteroatoms. The predicted molar refractivity (Wildman–Crippen MR) is 118 cm³/mol. The van der Waals surface area contributed by atoms with Gasteiger partial charge in [0.15, 0.2) is 0 Å².